The molecule has 0 aromatic rings. The van der Waals surface area contributed by atoms with Crippen molar-refractivity contribution in [3.63, 3.8) is 0 Å². The van der Waals surface area contributed by atoms with Gasteiger partial charge in [-0.3, -0.25) is 0 Å². The van der Waals surface area contributed by atoms with Crippen LogP contribution in [0.15, 0.2) is 0 Å². The van der Waals surface area contributed by atoms with E-state index in [-0.39, 0.29) is 5.92 Å². The first-order chi connectivity index (χ1) is 6.25. The van der Waals surface area contributed by atoms with Crippen LogP contribution in [0.3, 0.4) is 0 Å². The van der Waals surface area contributed by atoms with E-state index in [1.807, 2.05) is 27.7 Å². The zero-order chi connectivity index (χ0) is 11.4. The van der Waals surface area contributed by atoms with Gasteiger partial charge in [-0.25, -0.2) is 0 Å². The van der Waals surface area contributed by atoms with Crippen LogP contribution in [0.25, 0.3) is 0 Å². The minimum absolute atomic E-state index is 0.163. The van der Waals surface area contributed by atoms with Gasteiger partial charge in [-0.05, 0) is 12.8 Å². The quantitative estimate of drug-likeness (QED) is 0.607. The first kappa shape index (κ1) is 13.9. The highest BCUT2D eigenvalue weighted by atomic mass is 16.3. The monoisotopic (exact) mass is 203 g/mol. The van der Waals surface area contributed by atoms with Gasteiger partial charge in [-0.1, -0.05) is 27.7 Å². The molecule has 0 aliphatic heterocycles. The molecule has 0 saturated heterocycles. The summed E-state index contributed by atoms with van der Waals surface area (Å²) in [5.74, 6) is 0.163. The zero-order valence-corrected chi connectivity index (χ0v) is 10.0. The normalized spacial score (nSPS) is 18.6. The fourth-order valence-electron chi connectivity index (χ4n) is 1.16. The van der Waals surface area contributed by atoms with Crippen molar-refractivity contribution in [2.45, 2.75) is 58.8 Å². The van der Waals surface area contributed by atoms with Crippen LogP contribution in [0, 0.1) is 5.92 Å². The Morgan fingerprint density at radius 2 is 1.71 bits per heavy atom. The number of hydrogen-bond acceptors (Lipinski definition) is 3. The fraction of sp³-hybridized carbons (Fsp3) is 1.00. The minimum Gasteiger partial charge on any atom is -0.392 e. The third kappa shape index (κ3) is 5.58. The van der Waals surface area contributed by atoms with Gasteiger partial charge in [0.05, 0.1) is 11.7 Å². The van der Waals surface area contributed by atoms with Crippen LogP contribution in [-0.2, 0) is 0 Å². The summed E-state index contributed by atoms with van der Waals surface area (Å²) in [7, 11) is 0. The van der Waals surface area contributed by atoms with Gasteiger partial charge in [0.15, 0.2) is 0 Å². The van der Waals surface area contributed by atoms with Crippen molar-refractivity contribution < 1.29 is 10.2 Å². The van der Waals surface area contributed by atoms with Gasteiger partial charge in [0, 0.05) is 19.0 Å². The molecule has 0 bridgehead atoms. The molecule has 0 saturated carbocycles. The molecule has 0 unspecified atom stereocenters. The van der Waals surface area contributed by atoms with Gasteiger partial charge in [0.2, 0.25) is 0 Å². The highest BCUT2D eigenvalue weighted by Crippen LogP contribution is 2.21. The van der Waals surface area contributed by atoms with E-state index in [1.165, 1.54) is 0 Å². The van der Waals surface area contributed by atoms with E-state index in [4.69, 9.17) is 0 Å². The minimum atomic E-state index is -0.780. The molecule has 2 atom stereocenters. The van der Waals surface area contributed by atoms with Gasteiger partial charge in [-0.2, -0.15) is 0 Å². The van der Waals surface area contributed by atoms with E-state index < -0.39 is 11.7 Å². The van der Waals surface area contributed by atoms with Crippen molar-refractivity contribution in [3.8, 4) is 0 Å². The van der Waals surface area contributed by atoms with Gasteiger partial charge in [0.1, 0.15) is 0 Å². The van der Waals surface area contributed by atoms with Gasteiger partial charge >= 0.3 is 0 Å². The van der Waals surface area contributed by atoms with Crippen LogP contribution in [-0.4, -0.2) is 34.5 Å². The summed E-state index contributed by atoms with van der Waals surface area (Å²) >= 11 is 0. The standard InChI is InChI=1S/C11H25NO2/c1-8(2)11(5,14)6-10(13)7-12-9(3)4/h8-10,12-14H,6-7H2,1-5H3/t10-,11+/m1/s1. The van der Waals surface area contributed by atoms with Gasteiger partial charge in [0.25, 0.3) is 0 Å². The first-order valence-electron chi connectivity index (χ1n) is 5.39. The Kier molecular flexibility index (Phi) is 5.64. The molecule has 0 amide bonds. The lowest BCUT2D eigenvalue weighted by atomic mass is 9.87. The highest BCUT2D eigenvalue weighted by Gasteiger charge is 2.27. The van der Waals surface area contributed by atoms with Crippen LogP contribution in [0.5, 0.6) is 0 Å². The van der Waals surface area contributed by atoms with E-state index in [0.29, 0.717) is 19.0 Å². The maximum atomic E-state index is 9.94. The van der Waals surface area contributed by atoms with Crippen molar-refractivity contribution in [1.82, 2.24) is 5.32 Å². The molecule has 0 spiro atoms. The smallest absolute Gasteiger partial charge is 0.0692 e. The van der Waals surface area contributed by atoms with Crippen LogP contribution in [0.4, 0.5) is 0 Å². The molecule has 3 N–H and O–H groups in total. The Morgan fingerprint density at radius 1 is 1.21 bits per heavy atom. The Bertz CT molecular complexity index is 155. The third-order valence-corrected chi connectivity index (χ3v) is 2.65. The molecule has 0 aromatic carbocycles. The SMILES string of the molecule is CC(C)NC[C@H](O)C[C@](C)(O)C(C)C. The Labute approximate surface area is 87.5 Å². The van der Waals surface area contributed by atoms with Crippen molar-refractivity contribution in [2.24, 2.45) is 5.92 Å². The fourth-order valence-corrected chi connectivity index (χ4v) is 1.16. The van der Waals surface area contributed by atoms with Gasteiger partial charge in [-0.15, -0.1) is 0 Å². The highest BCUT2D eigenvalue weighted by molar-refractivity contribution is 4.80. The Balaban J connectivity index is 3.87. The molecular weight excluding hydrogens is 178 g/mol. The second kappa shape index (κ2) is 5.69. The van der Waals surface area contributed by atoms with E-state index >= 15 is 0 Å². The van der Waals surface area contributed by atoms with Crippen molar-refractivity contribution in [1.29, 1.82) is 0 Å². The second-order valence-corrected chi connectivity index (χ2v) is 4.93. The molecule has 0 rings (SSSR count). The lowest BCUT2D eigenvalue weighted by Gasteiger charge is -2.30. The lowest BCUT2D eigenvalue weighted by molar-refractivity contribution is -0.0306. The molecule has 3 heteroatoms. The molecule has 0 radical (unpaired) electrons. The lowest BCUT2D eigenvalue weighted by Crippen LogP contribution is -2.40. The van der Waals surface area contributed by atoms with Crippen molar-refractivity contribution >= 4 is 0 Å². The Morgan fingerprint density at radius 3 is 2.07 bits per heavy atom. The average Bonchev–Trinajstić information content (AvgIpc) is 1.99. The topological polar surface area (TPSA) is 52.5 Å². The van der Waals surface area contributed by atoms with E-state index in [0.717, 1.165) is 0 Å². The number of aliphatic hydroxyl groups excluding tert-OH is 1. The largest absolute Gasteiger partial charge is 0.392 e. The summed E-state index contributed by atoms with van der Waals surface area (Å²) in [4.78, 5) is 0. The molecular formula is C11H25NO2. The summed E-state index contributed by atoms with van der Waals surface area (Å²) in [6.07, 6.45) is -0.0560. The molecule has 0 fully saturated rings. The van der Waals surface area contributed by atoms with Crippen LogP contribution < -0.4 is 5.32 Å². The van der Waals surface area contributed by atoms with E-state index in [9.17, 15) is 10.2 Å². The predicted molar refractivity (Wildman–Crippen MR) is 59.2 cm³/mol. The number of nitrogens with one attached hydrogen (secondary N) is 1. The summed E-state index contributed by atoms with van der Waals surface area (Å²) in [6.45, 7) is 10.3. The van der Waals surface area contributed by atoms with Crippen LogP contribution in [0.2, 0.25) is 0 Å². The maximum absolute atomic E-state index is 9.94. The molecule has 3 nitrogen and oxygen atoms in total. The average molecular weight is 203 g/mol. The molecule has 0 heterocycles. The molecule has 0 aliphatic rings. The van der Waals surface area contributed by atoms with Crippen LogP contribution in [0.1, 0.15) is 41.0 Å². The summed E-state index contributed by atoms with van der Waals surface area (Å²) < 4.78 is 0. The van der Waals surface area contributed by atoms with Crippen LogP contribution >= 0.6 is 0 Å². The molecule has 86 valence electrons. The summed E-state index contributed by atoms with van der Waals surface area (Å²) in [5.41, 5.74) is -0.780. The third-order valence-electron chi connectivity index (χ3n) is 2.65. The Hall–Kier alpha value is -0.120. The number of aliphatic hydroxyl groups is 2. The van der Waals surface area contributed by atoms with E-state index in [1.54, 1.807) is 6.92 Å². The first-order valence-corrected chi connectivity index (χ1v) is 5.39. The number of hydrogen-bond donors (Lipinski definition) is 3. The summed E-state index contributed by atoms with van der Waals surface area (Å²) in [5, 5.41) is 22.7. The zero-order valence-electron chi connectivity index (χ0n) is 10.0. The second-order valence-electron chi connectivity index (χ2n) is 4.93. The molecule has 0 aromatic heterocycles. The van der Waals surface area contributed by atoms with Crippen molar-refractivity contribution in [3.05, 3.63) is 0 Å². The van der Waals surface area contributed by atoms with Gasteiger partial charge < -0.3 is 15.5 Å². The van der Waals surface area contributed by atoms with E-state index in [2.05, 4.69) is 5.32 Å². The van der Waals surface area contributed by atoms with Crippen molar-refractivity contribution in [2.75, 3.05) is 6.54 Å². The maximum Gasteiger partial charge on any atom is 0.0692 e. The summed E-state index contributed by atoms with van der Waals surface area (Å²) in [6, 6.07) is 0.369. The predicted octanol–water partition coefficient (Wildman–Crippen LogP) is 1.14. The molecule has 0 aliphatic carbocycles. The molecule has 14 heavy (non-hydrogen) atoms. The number of rotatable bonds is 6.